The fourth-order valence-corrected chi connectivity index (χ4v) is 2.10. The molecule has 1 fully saturated rings. The van der Waals surface area contributed by atoms with Crippen LogP contribution < -0.4 is 5.32 Å². The number of anilines is 1. The molecule has 17 heavy (non-hydrogen) atoms. The summed E-state index contributed by atoms with van der Waals surface area (Å²) in [5.74, 6) is -0.0334. The van der Waals surface area contributed by atoms with E-state index in [1.165, 1.54) is 0 Å². The first-order valence-corrected chi connectivity index (χ1v) is 5.85. The molecule has 4 nitrogen and oxygen atoms in total. The highest BCUT2D eigenvalue weighted by molar-refractivity contribution is 5.92. The molecule has 1 aliphatic rings. The SMILES string of the molecule is CC1(O)CCN(CC(=O)Nc2ccccc2)C1. The highest BCUT2D eigenvalue weighted by Gasteiger charge is 2.31. The van der Waals surface area contributed by atoms with Gasteiger partial charge in [-0.25, -0.2) is 0 Å². The van der Waals surface area contributed by atoms with Crippen LogP contribution in [-0.4, -0.2) is 41.1 Å². The van der Waals surface area contributed by atoms with Crippen molar-refractivity contribution in [3.05, 3.63) is 30.3 Å². The molecule has 0 saturated carbocycles. The Morgan fingerprint density at radius 2 is 2.18 bits per heavy atom. The Labute approximate surface area is 101 Å². The number of aliphatic hydroxyl groups is 1. The molecule has 0 bridgehead atoms. The summed E-state index contributed by atoms with van der Waals surface area (Å²) in [6, 6.07) is 9.40. The third kappa shape index (κ3) is 3.54. The van der Waals surface area contributed by atoms with Crippen LogP contribution in [0.5, 0.6) is 0 Å². The first-order valence-electron chi connectivity index (χ1n) is 5.85. The molecule has 0 spiro atoms. The van der Waals surface area contributed by atoms with Crippen molar-refractivity contribution < 1.29 is 9.90 Å². The number of carbonyl (C=O) groups is 1. The zero-order chi connectivity index (χ0) is 12.3. The van der Waals surface area contributed by atoms with Gasteiger partial charge in [0, 0.05) is 18.8 Å². The Bertz CT molecular complexity index is 390. The lowest BCUT2D eigenvalue weighted by molar-refractivity contribution is -0.117. The van der Waals surface area contributed by atoms with Gasteiger partial charge in [0.15, 0.2) is 0 Å². The summed E-state index contributed by atoms with van der Waals surface area (Å²) in [5.41, 5.74) is 0.163. The molecule has 0 radical (unpaired) electrons. The topological polar surface area (TPSA) is 52.6 Å². The van der Waals surface area contributed by atoms with Crippen LogP contribution in [0.1, 0.15) is 13.3 Å². The van der Waals surface area contributed by atoms with Gasteiger partial charge in [-0.1, -0.05) is 18.2 Å². The van der Waals surface area contributed by atoms with Gasteiger partial charge in [0.2, 0.25) is 5.91 Å². The van der Waals surface area contributed by atoms with Crippen molar-refractivity contribution in [1.82, 2.24) is 4.90 Å². The Morgan fingerprint density at radius 3 is 2.76 bits per heavy atom. The third-order valence-electron chi connectivity index (χ3n) is 2.96. The summed E-state index contributed by atoms with van der Waals surface area (Å²) in [6.07, 6.45) is 0.728. The molecular formula is C13H18N2O2. The van der Waals surface area contributed by atoms with Crippen LogP contribution in [0.15, 0.2) is 30.3 Å². The van der Waals surface area contributed by atoms with Gasteiger partial charge in [-0.05, 0) is 25.5 Å². The largest absolute Gasteiger partial charge is 0.389 e. The van der Waals surface area contributed by atoms with Crippen LogP contribution in [0.3, 0.4) is 0 Å². The van der Waals surface area contributed by atoms with Crippen molar-refractivity contribution in [2.45, 2.75) is 18.9 Å². The highest BCUT2D eigenvalue weighted by atomic mass is 16.3. The number of benzene rings is 1. The number of rotatable bonds is 3. The highest BCUT2D eigenvalue weighted by Crippen LogP contribution is 2.19. The molecule has 1 atom stereocenters. The average molecular weight is 234 g/mol. The van der Waals surface area contributed by atoms with Gasteiger partial charge in [-0.15, -0.1) is 0 Å². The summed E-state index contributed by atoms with van der Waals surface area (Å²) >= 11 is 0. The van der Waals surface area contributed by atoms with Crippen molar-refractivity contribution in [3.63, 3.8) is 0 Å². The van der Waals surface area contributed by atoms with E-state index in [1.807, 2.05) is 42.2 Å². The van der Waals surface area contributed by atoms with Gasteiger partial charge in [-0.2, -0.15) is 0 Å². The van der Waals surface area contributed by atoms with Gasteiger partial charge in [-0.3, -0.25) is 9.69 Å². The maximum atomic E-state index is 11.7. The molecule has 92 valence electrons. The molecule has 0 aromatic heterocycles. The van der Waals surface area contributed by atoms with E-state index in [0.717, 1.165) is 18.7 Å². The molecule has 0 aliphatic carbocycles. The second-order valence-electron chi connectivity index (χ2n) is 4.87. The molecule has 1 aromatic carbocycles. The standard InChI is InChI=1S/C13H18N2O2/c1-13(17)7-8-15(10-13)9-12(16)14-11-5-3-2-4-6-11/h2-6,17H,7-10H2,1H3,(H,14,16). The monoisotopic (exact) mass is 234 g/mol. The smallest absolute Gasteiger partial charge is 0.238 e. The summed E-state index contributed by atoms with van der Waals surface area (Å²) < 4.78 is 0. The van der Waals surface area contributed by atoms with Gasteiger partial charge in [0.1, 0.15) is 0 Å². The Hall–Kier alpha value is -1.39. The van der Waals surface area contributed by atoms with Crippen molar-refractivity contribution in [3.8, 4) is 0 Å². The summed E-state index contributed by atoms with van der Waals surface area (Å²) in [5, 5.41) is 12.6. The second kappa shape index (κ2) is 4.85. The van der Waals surface area contributed by atoms with Crippen LogP contribution in [0.2, 0.25) is 0 Å². The van der Waals surface area contributed by atoms with E-state index in [0.29, 0.717) is 13.1 Å². The molecule has 1 saturated heterocycles. The lowest BCUT2D eigenvalue weighted by Crippen LogP contribution is -2.35. The van der Waals surface area contributed by atoms with Gasteiger partial charge < -0.3 is 10.4 Å². The summed E-state index contributed by atoms with van der Waals surface area (Å²) in [4.78, 5) is 13.7. The quantitative estimate of drug-likeness (QED) is 0.823. The minimum absolute atomic E-state index is 0.0334. The predicted octanol–water partition coefficient (Wildman–Crippen LogP) is 1.08. The van der Waals surface area contributed by atoms with E-state index in [-0.39, 0.29) is 5.91 Å². The zero-order valence-corrected chi connectivity index (χ0v) is 10.0. The van der Waals surface area contributed by atoms with Crippen molar-refractivity contribution >= 4 is 11.6 Å². The third-order valence-corrected chi connectivity index (χ3v) is 2.96. The maximum Gasteiger partial charge on any atom is 0.238 e. The van der Waals surface area contributed by atoms with Gasteiger partial charge in [0.25, 0.3) is 0 Å². The minimum atomic E-state index is -0.646. The van der Waals surface area contributed by atoms with Crippen molar-refractivity contribution in [2.75, 3.05) is 25.0 Å². The average Bonchev–Trinajstić information content (AvgIpc) is 2.59. The van der Waals surface area contributed by atoms with E-state index in [4.69, 9.17) is 0 Å². The van der Waals surface area contributed by atoms with Gasteiger partial charge in [0.05, 0.1) is 12.1 Å². The van der Waals surface area contributed by atoms with E-state index < -0.39 is 5.60 Å². The van der Waals surface area contributed by atoms with E-state index in [9.17, 15) is 9.90 Å². The van der Waals surface area contributed by atoms with Crippen LogP contribution >= 0.6 is 0 Å². The van der Waals surface area contributed by atoms with Gasteiger partial charge >= 0.3 is 0 Å². The Balaban J connectivity index is 1.83. The van der Waals surface area contributed by atoms with E-state index in [1.54, 1.807) is 0 Å². The first-order chi connectivity index (χ1) is 8.05. The minimum Gasteiger partial charge on any atom is -0.389 e. The number of hydrogen-bond acceptors (Lipinski definition) is 3. The molecule has 2 rings (SSSR count). The number of hydrogen-bond donors (Lipinski definition) is 2. The Morgan fingerprint density at radius 1 is 1.47 bits per heavy atom. The van der Waals surface area contributed by atoms with Crippen LogP contribution in [-0.2, 0) is 4.79 Å². The first kappa shape index (κ1) is 12.1. The molecule has 1 aliphatic heterocycles. The number of carbonyl (C=O) groups excluding carboxylic acids is 1. The maximum absolute atomic E-state index is 11.7. The molecule has 2 N–H and O–H groups in total. The molecule has 1 aromatic rings. The number of likely N-dealkylation sites (tertiary alicyclic amines) is 1. The predicted molar refractivity (Wildman–Crippen MR) is 66.8 cm³/mol. The molecule has 4 heteroatoms. The number of amides is 1. The molecule has 1 amide bonds. The molecular weight excluding hydrogens is 216 g/mol. The lowest BCUT2D eigenvalue weighted by atomic mass is 10.1. The number of nitrogens with zero attached hydrogens (tertiary/aromatic N) is 1. The van der Waals surface area contributed by atoms with Crippen LogP contribution in [0, 0.1) is 0 Å². The van der Waals surface area contributed by atoms with E-state index >= 15 is 0 Å². The summed E-state index contributed by atoms with van der Waals surface area (Å²) in [6.45, 7) is 3.48. The zero-order valence-electron chi connectivity index (χ0n) is 10.0. The summed E-state index contributed by atoms with van der Waals surface area (Å²) in [7, 11) is 0. The fraction of sp³-hybridized carbons (Fsp3) is 0.462. The number of nitrogens with one attached hydrogen (secondary N) is 1. The van der Waals surface area contributed by atoms with E-state index in [2.05, 4.69) is 5.32 Å². The van der Waals surface area contributed by atoms with Crippen molar-refractivity contribution in [1.29, 1.82) is 0 Å². The van der Waals surface area contributed by atoms with Crippen LogP contribution in [0.4, 0.5) is 5.69 Å². The molecule has 1 heterocycles. The van der Waals surface area contributed by atoms with Crippen molar-refractivity contribution in [2.24, 2.45) is 0 Å². The number of β-amino-alcohol motifs (C(OH)–C–C–N with tert-alkyl or cyclic N) is 1. The molecule has 1 unspecified atom stereocenters. The fourth-order valence-electron chi connectivity index (χ4n) is 2.10. The lowest BCUT2D eigenvalue weighted by Gasteiger charge is -2.18. The normalized spacial score (nSPS) is 24.8. The number of para-hydroxylation sites is 1. The second-order valence-corrected chi connectivity index (χ2v) is 4.87. The van der Waals surface area contributed by atoms with Crippen LogP contribution in [0.25, 0.3) is 0 Å². The Kier molecular flexibility index (Phi) is 3.45.